The predicted octanol–water partition coefficient (Wildman–Crippen LogP) is 2.01. The highest BCUT2D eigenvalue weighted by molar-refractivity contribution is 5.79. The summed E-state index contributed by atoms with van der Waals surface area (Å²) < 4.78 is 2.15. The van der Waals surface area contributed by atoms with Crippen LogP contribution in [0.15, 0.2) is 41.7 Å². The quantitative estimate of drug-likeness (QED) is 0.335. The van der Waals surface area contributed by atoms with Gasteiger partial charge in [0.2, 0.25) is 0 Å². The Balaban J connectivity index is 2.27. The second-order valence-corrected chi connectivity index (χ2v) is 3.97. The molecule has 2 N–H and O–H groups in total. The minimum absolute atomic E-state index is 0.823. The van der Waals surface area contributed by atoms with Crippen LogP contribution in [0.1, 0.15) is 20.3 Å². The third-order valence-corrected chi connectivity index (χ3v) is 2.47. The Kier molecular flexibility index (Phi) is 7.44. The van der Waals surface area contributed by atoms with Gasteiger partial charge in [0.1, 0.15) is 0 Å². The molecule has 0 amide bonds. The van der Waals surface area contributed by atoms with E-state index in [1.807, 2.05) is 19.1 Å². The van der Waals surface area contributed by atoms with Crippen molar-refractivity contribution < 1.29 is 0 Å². The summed E-state index contributed by atoms with van der Waals surface area (Å²) in [7, 11) is 0. The molecule has 0 unspecified atom stereocenters. The maximum atomic E-state index is 4.50. The number of nitrogens with one attached hydrogen (secondary N) is 2. The van der Waals surface area contributed by atoms with Crippen LogP contribution in [0.2, 0.25) is 0 Å². The highest BCUT2D eigenvalue weighted by atomic mass is 15.2. The van der Waals surface area contributed by atoms with E-state index in [-0.39, 0.29) is 0 Å². The molecular weight excluding hydrogens is 224 g/mol. The van der Waals surface area contributed by atoms with Crippen molar-refractivity contribution in [3.8, 4) is 0 Å². The van der Waals surface area contributed by atoms with Gasteiger partial charge in [-0.2, -0.15) is 0 Å². The summed E-state index contributed by atoms with van der Waals surface area (Å²) >= 11 is 0. The average Bonchev–Trinajstić information content (AvgIpc) is 2.87. The maximum Gasteiger partial charge on any atom is 0.191 e. The van der Waals surface area contributed by atoms with Crippen molar-refractivity contribution >= 4 is 5.96 Å². The number of rotatable bonds is 7. The summed E-state index contributed by atoms with van der Waals surface area (Å²) in [4.78, 5) is 4.50. The summed E-state index contributed by atoms with van der Waals surface area (Å²) in [5, 5.41) is 6.57. The first-order valence-corrected chi connectivity index (χ1v) is 6.61. The molecule has 0 aromatic carbocycles. The summed E-state index contributed by atoms with van der Waals surface area (Å²) in [5.74, 6) is 0.897. The third-order valence-electron chi connectivity index (χ3n) is 2.47. The third kappa shape index (κ3) is 6.13. The van der Waals surface area contributed by atoms with Crippen molar-refractivity contribution in [1.82, 2.24) is 15.2 Å². The van der Waals surface area contributed by atoms with Crippen LogP contribution < -0.4 is 10.6 Å². The van der Waals surface area contributed by atoms with E-state index in [1.54, 1.807) is 0 Å². The molecular formula is C14H24N4. The average molecular weight is 248 g/mol. The van der Waals surface area contributed by atoms with Crippen LogP contribution in [-0.4, -0.2) is 30.2 Å². The van der Waals surface area contributed by atoms with E-state index in [1.165, 1.54) is 0 Å². The second-order valence-electron chi connectivity index (χ2n) is 3.97. The molecule has 0 saturated heterocycles. The highest BCUT2D eigenvalue weighted by Gasteiger charge is 1.95. The van der Waals surface area contributed by atoms with Crippen LogP contribution in [0.25, 0.3) is 0 Å². The Hall–Kier alpha value is -1.71. The van der Waals surface area contributed by atoms with Crippen LogP contribution in [0.4, 0.5) is 0 Å². The van der Waals surface area contributed by atoms with E-state index in [9.17, 15) is 0 Å². The Bertz CT molecular complexity index is 352. The lowest BCUT2D eigenvalue weighted by Crippen LogP contribution is -2.38. The van der Waals surface area contributed by atoms with Gasteiger partial charge in [0.05, 0.1) is 0 Å². The van der Waals surface area contributed by atoms with E-state index in [4.69, 9.17) is 0 Å². The zero-order chi connectivity index (χ0) is 13.1. The number of aliphatic imine (C=N–C) groups is 1. The Morgan fingerprint density at radius 1 is 1.28 bits per heavy atom. The van der Waals surface area contributed by atoms with Gasteiger partial charge in [-0.25, -0.2) is 0 Å². The number of allylic oxidation sites excluding steroid dienone is 1. The van der Waals surface area contributed by atoms with Crippen LogP contribution in [0.5, 0.6) is 0 Å². The van der Waals surface area contributed by atoms with Crippen molar-refractivity contribution in [3.63, 3.8) is 0 Å². The van der Waals surface area contributed by atoms with Gasteiger partial charge in [-0.3, -0.25) is 4.99 Å². The fourth-order valence-electron chi connectivity index (χ4n) is 1.58. The molecule has 0 atom stereocenters. The minimum atomic E-state index is 0.823. The largest absolute Gasteiger partial charge is 0.357 e. The summed E-state index contributed by atoms with van der Waals surface area (Å²) in [6.07, 6.45) is 9.31. The highest BCUT2D eigenvalue weighted by Crippen LogP contribution is 1.88. The molecule has 0 radical (unpaired) electrons. The molecule has 0 saturated carbocycles. The molecule has 0 bridgehead atoms. The second kappa shape index (κ2) is 9.33. The van der Waals surface area contributed by atoms with E-state index in [2.05, 4.69) is 51.7 Å². The lowest BCUT2D eigenvalue weighted by atomic mass is 10.4. The van der Waals surface area contributed by atoms with Gasteiger partial charge in [0, 0.05) is 38.6 Å². The number of guanidine groups is 1. The van der Waals surface area contributed by atoms with Crippen molar-refractivity contribution in [2.75, 3.05) is 19.6 Å². The summed E-state index contributed by atoms with van der Waals surface area (Å²) in [6.45, 7) is 7.65. The molecule has 0 aliphatic rings. The number of nitrogens with zero attached hydrogens (tertiary/aromatic N) is 2. The molecule has 0 aliphatic heterocycles. The van der Waals surface area contributed by atoms with Gasteiger partial charge >= 0.3 is 0 Å². The monoisotopic (exact) mass is 248 g/mol. The Labute approximate surface area is 110 Å². The molecule has 1 heterocycles. The zero-order valence-corrected chi connectivity index (χ0v) is 11.4. The minimum Gasteiger partial charge on any atom is -0.357 e. The van der Waals surface area contributed by atoms with E-state index in [0.717, 1.165) is 38.6 Å². The topological polar surface area (TPSA) is 41.4 Å². The van der Waals surface area contributed by atoms with Gasteiger partial charge in [0.25, 0.3) is 0 Å². The molecule has 0 spiro atoms. The van der Waals surface area contributed by atoms with Gasteiger partial charge < -0.3 is 15.2 Å². The SMILES string of the molecule is C/C=C/CCN=C(NCC)NCCn1cccc1. The molecule has 100 valence electrons. The number of aromatic nitrogens is 1. The van der Waals surface area contributed by atoms with Crippen molar-refractivity contribution in [2.45, 2.75) is 26.8 Å². The fourth-order valence-corrected chi connectivity index (χ4v) is 1.58. The predicted molar refractivity (Wildman–Crippen MR) is 77.8 cm³/mol. The van der Waals surface area contributed by atoms with E-state index < -0.39 is 0 Å². The first-order chi connectivity index (χ1) is 8.86. The van der Waals surface area contributed by atoms with Gasteiger partial charge in [-0.15, -0.1) is 0 Å². The van der Waals surface area contributed by atoms with Crippen LogP contribution in [-0.2, 0) is 6.54 Å². The molecule has 1 rings (SSSR count). The molecule has 0 fully saturated rings. The van der Waals surface area contributed by atoms with Gasteiger partial charge in [-0.05, 0) is 32.4 Å². The Morgan fingerprint density at radius 2 is 2.06 bits per heavy atom. The lowest BCUT2D eigenvalue weighted by molar-refractivity contribution is 0.666. The zero-order valence-electron chi connectivity index (χ0n) is 11.4. The van der Waals surface area contributed by atoms with E-state index in [0.29, 0.717) is 0 Å². The van der Waals surface area contributed by atoms with Crippen molar-refractivity contribution in [1.29, 1.82) is 0 Å². The smallest absolute Gasteiger partial charge is 0.191 e. The molecule has 18 heavy (non-hydrogen) atoms. The first-order valence-electron chi connectivity index (χ1n) is 6.61. The molecule has 0 aliphatic carbocycles. The van der Waals surface area contributed by atoms with Crippen LogP contribution in [0, 0.1) is 0 Å². The fraction of sp³-hybridized carbons (Fsp3) is 0.500. The molecule has 1 aromatic rings. The molecule has 1 aromatic heterocycles. The lowest BCUT2D eigenvalue weighted by Gasteiger charge is -2.11. The Morgan fingerprint density at radius 3 is 2.72 bits per heavy atom. The summed E-state index contributed by atoms with van der Waals surface area (Å²) in [6, 6.07) is 4.08. The van der Waals surface area contributed by atoms with E-state index >= 15 is 0 Å². The van der Waals surface area contributed by atoms with Crippen molar-refractivity contribution in [3.05, 3.63) is 36.7 Å². The van der Waals surface area contributed by atoms with Crippen LogP contribution >= 0.6 is 0 Å². The standard InChI is InChI=1S/C14H24N4/c1-3-5-6-9-16-14(15-4-2)17-10-13-18-11-7-8-12-18/h3,5,7-8,11-12H,4,6,9-10,13H2,1-2H3,(H2,15,16,17)/b5-3+. The van der Waals surface area contributed by atoms with Gasteiger partial charge in [0.15, 0.2) is 5.96 Å². The number of hydrogen-bond donors (Lipinski definition) is 2. The normalized spacial score (nSPS) is 12.0. The first kappa shape index (κ1) is 14.4. The summed E-state index contributed by atoms with van der Waals surface area (Å²) in [5.41, 5.74) is 0. The molecule has 4 heteroatoms. The van der Waals surface area contributed by atoms with Crippen LogP contribution in [0.3, 0.4) is 0 Å². The molecule has 4 nitrogen and oxygen atoms in total. The van der Waals surface area contributed by atoms with Crippen molar-refractivity contribution in [2.24, 2.45) is 4.99 Å². The van der Waals surface area contributed by atoms with Gasteiger partial charge in [-0.1, -0.05) is 12.2 Å². The maximum absolute atomic E-state index is 4.50. The number of hydrogen-bond acceptors (Lipinski definition) is 1.